The van der Waals surface area contributed by atoms with Gasteiger partial charge in [-0.3, -0.25) is 4.90 Å². The molecule has 1 aliphatic heterocycles. The van der Waals surface area contributed by atoms with Crippen molar-refractivity contribution in [1.29, 1.82) is 0 Å². The molecule has 1 atom stereocenters. The molecule has 0 aliphatic carbocycles. The normalized spacial score (nSPS) is 18.6. The molecule has 0 saturated carbocycles. The van der Waals surface area contributed by atoms with Crippen LogP contribution in [0.3, 0.4) is 0 Å². The molecule has 0 spiro atoms. The quantitative estimate of drug-likeness (QED) is 0.553. The minimum atomic E-state index is -0.976. The van der Waals surface area contributed by atoms with E-state index >= 15 is 0 Å². The molecule has 5 heteroatoms. The monoisotopic (exact) mass is 233 g/mol. The summed E-state index contributed by atoms with van der Waals surface area (Å²) in [5.74, 6) is 0. The number of alkyl halides is 1. The smallest absolute Gasteiger partial charge is 0.409 e. The summed E-state index contributed by atoms with van der Waals surface area (Å²) < 4.78 is 0. The summed E-state index contributed by atoms with van der Waals surface area (Å²) in [7, 11) is 0. The van der Waals surface area contributed by atoms with Crippen molar-refractivity contribution in [3.05, 3.63) is 35.4 Å². The summed E-state index contributed by atoms with van der Waals surface area (Å²) in [5.41, 5.74) is 1.35. The second kappa shape index (κ2) is 4.07. The van der Waals surface area contributed by atoms with E-state index in [1.807, 2.05) is 24.3 Å². The lowest BCUT2D eigenvalue weighted by Crippen LogP contribution is -2.24. The van der Waals surface area contributed by atoms with E-state index in [0.717, 1.165) is 11.1 Å². The van der Waals surface area contributed by atoms with E-state index < -0.39 is 11.6 Å². The molecule has 1 aromatic rings. The number of benzene rings is 1. The lowest BCUT2D eigenvalue weighted by molar-refractivity contribution is 0.142. The molecule has 0 bridgehead atoms. The number of carboxylic acid groups (broad SMARTS) is 1. The first kappa shape index (κ1) is 11.1. The molecule has 1 amide bonds. The van der Waals surface area contributed by atoms with E-state index in [2.05, 4.69) is 0 Å². The minimum absolute atomic E-state index is 0. The van der Waals surface area contributed by atoms with Crippen LogP contribution in [0.2, 0.25) is 0 Å². The summed E-state index contributed by atoms with van der Waals surface area (Å²) in [5, 5.41) is 8.80. The standard InChI is InChI=1S/C9H8ClNO2.ClH/c10-8-7-4-2-1-3-6(7)5-11(8)9(12)13;/h1-4,8H,5H2,(H,12,13);1H. The highest BCUT2D eigenvalue weighted by molar-refractivity contribution is 6.21. The molecular formula is C9H9Cl2NO2. The predicted octanol–water partition coefficient (Wildman–Crippen LogP) is 2.84. The average Bonchev–Trinajstić information content (AvgIpc) is 2.45. The van der Waals surface area contributed by atoms with Crippen LogP contribution in [-0.4, -0.2) is 16.1 Å². The average molecular weight is 234 g/mol. The van der Waals surface area contributed by atoms with Gasteiger partial charge in [-0.15, -0.1) is 12.4 Å². The van der Waals surface area contributed by atoms with Crippen molar-refractivity contribution in [2.24, 2.45) is 0 Å². The highest BCUT2D eigenvalue weighted by Gasteiger charge is 2.31. The van der Waals surface area contributed by atoms with Gasteiger partial charge < -0.3 is 5.11 Å². The van der Waals surface area contributed by atoms with Crippen LogP contribution in [0.5, 0.6) is 0 Å². The van der Waals surface area contributed by atoms with E-state index in [-0.39, 0.29) is 12.4 Å². The van der Waals surface area contributed by atoms with Gasteiger partial charge in [0.05, 0.1) is 6.54 Å². The molecule has 2 rings (SSSR count). The van der Waals surface area contributed by atoms with Crippen LogP contribution in [0.15, 0.2) is 24.3 Å². The summed E-state index contributed by atoms with van der Waals surface area (Å²) in [6.07, 6.45) is -0.976. The third-order valence-corrected chi connectivity index (χ3v) is 2.64. The molecule has 1 aliphatic rings. The Kier molecular flexibility index (Phi) is 3.24. The zero-order valence-electron chi connectivity index (χ0n) is 7.18. The Hall–Kier alpha value is -0.930. The largest absolute Gasteiger partial charge is 0.465 e. The van der Waals surface area contributed by atoms with Crippen LogP contribution < -0.4 is 0 Å². The fourth-order valence-corrected chi connectivity index (χ4v) is 1.87. The topological polar surface area (TPSA) is 40.5 Å². The first-order valence-corrected chi connectivity index (χ1v) is 4.35. The van der Waals surface area contributed by atoms with Crippen LogP contribution in [-0.2, 0) is 6.54 Å². The van der Waals surface area contributed by atoms with Gasteiger partial charge in [0.1, 0.15) is 5.50 Å². The molecule has 3 nitrogen and oxygen atoms in total. The fourth-order valence-electron chi connectivity index (χ4n) is 1.51. The molecule has 0 saturated heterocycles. The van der Waals surface area contributed by atoms with E-state index in [4.69, 9.17) is 16.7 Å². The second-order valence-corrected chi connectivity index (χ2v) is 3.36. The van der Waals surface area contributed by atoms with Crippen LogP contribution in [0, 0.1) is 0 Å². The Morgan fingerprint density at radius 3 is 2.71 bits per heavy atom. The Morgan fingerprint density at radius 1 is 1.50 bits per heavy atom. The van der Waals surface area contributed by atoms with Crippen molar-refractivity contribution in [2.75, 3.05) is 0 Å². The van der Waals surface area contributed by atoms with Crippen molar-refractivity contribution in [3.63, 3.8) is 0 Å². The maximum atomic E-state index is 10.7. The Balaban J connectivity index is 0.000000980. The van der Waals surface area contributed by atoms with Gasteiger partial charge in [-0.2, -0.15) is 0 Å². The lowest BCUT2D eigenvalue weighted by atomic mass is 10.1. The first-order valence-electron chi connectivity index (χ1n) is 3.91. The SMILES string of the molecule is Cl.O=C(O)N1Cc2ccccc2C1Cl. The van der Waals surface area contributed by atoms with Crippen LogP contribution >= 0.6 is 24.0 Å². The zero-order valence-corrected chi connectivity index (χ0v) is 8.76. The summed E-state index contributed by atoms with van der Waals surface area (Å²) in [6.45, 7) is 0.389. The maximum absolute atomic E-state index is 10.7. The number of nitrogens with zero attached hydrogens (tertiary/aromatic N) is 1. The maximum Gasteiger partial charge on any atom is 0.409 e. The van der Waals surface area contributed by atoms with Gasteiger partial charge in [0.2, 0.25) is 0 Å². The molecule has 0 fully saturated rings. The molecule has 76 valence electrons. The predicted molar refractivity (Wildman–Crippen MR) is 55.9 cm³/mol. The lowest BCUT2D eigenvalue weighted by Gasteiger charge is -2.15. The van der Waals surface area contributed by atoms with Gasteiger partial charge in [-0.05, 0) is 11.1 Å². The Bertz CT molecular complexity index is 356. The number of hydrogen-bond donors (Lipinski definition) is 1. The van der Waals surface area contributed by atoms with Crippen molar-refractivity contribution in [1.82, 2.24) is 4.90 Å². The number of carbonyl (C=O) groups is 1. The van der Waals surface area contributed by atoms with Gasteiger partial charge in [0, 0.05) is 0 Å². The van der Waals surface area contributed by atoms with Gasteiger partial charge in [0.25, 0.3) is 0 Å². The molecule has 1 N–H and O–H groups in total. The highest BCUT2D eigenvalue weighted by atomic mass is 35.5. The van der Waals surface area contributed by atoms with E-state index in [1.165, 1.54) is 4.90 Å². The zero-order chi connectivity index (χ0) is 9.42. The molecular weight excluding hydrogens is 225 g/mol. The second-order valence-electron chi connectivity index (χ2n) is 2.95. The molecule has 1 aromatic carbocycles. The van der Waals surface area contributed by atoms with Crippen molar-refractivity contribution in [3.8, 4) is 0 Å². The van der Waals surface area contributed by atoms with Crippen molar-refractivity contribution < 1.29 is 9.90 Å². The van der Waals surface area contributed by atoms with Crippen molar-refractivity contribution in [2.45, 2.75) is 12.0 Å². The summed E-state index contributed by atoms with van der Waals surface area (Å²) in [4.78, 5) is 11.9. The number of amides is 1. The number of hydrogen-bond acceptors (Lipinski definition) is 1. The van der Waals surface area contributed by atoms with E-state index in [9.17, 15) is 4.79 Å². The van der Waals surface area contributed by atoms with Crippen molar-refractivity contribution >= 4 is 30.1 Å². The molecule has 14 heavy (non-hydrogen) atoms. The van der Waals surface area contributed by atoms with E-state index in [1.54, 1.807) is 0 Å². The third-order valence-electron chi connectivity index (χ3n) is 2.17. The Morgan fingerprint density at radius 2 is 2.14 bits per heavy atom. The van der Waals surface area contributed by atoms with E-state index in [0.29, 0.717) is 6.54 Å². The van der Waals surface area contributed by atoms with Crippen LogP contribution in [0.1, 0.15) is 16.6 Å². The van der Waals surface area contributed by atoms with Gasteiger partial charge in [0.15, 0.2) is 0 Å². The highest BCUT2D eigenvalue weighted by Crippen LogP contribution is 2.35. The number of rotatable bonds is 0. The van der Waals surface area contributed by atoms with Crippen LogP contribution in [0.4, 0.5) is 4.79 Å². The van der Waals surface area contributed by atoms with Gasteiger partial charge in [-0.1, -0.05) is 35.9 Å². The van der Waals surface area contributed by atoms with Crippen LogP contribution in [0.25, 0.3) is 0 Å². The number of fused-ring (bicyclic) bond motifs is 1. The summed E-state index contributed by atoms with van der Waals surface area (Å²) in [6, 6.07) is 7.50. The molecule has 1 unspecified atom stereocenters. The molecule has 1 heterocycles. The fraction of sp³-hybridized carbons (Fsp3) is 0.222. The third kappa shape index (κ3) is 1.65. The van der Waals surface area contributed by atoms with Gasteiger partial charge in [-0.25, -0.2) is 4.79 Å². The van der Waals surface area contributed by atoms with Gasteiger partial charge >= 0.3 is 6.09 Å². The minimum Gasteiger partial charge on any atom is -0.465 e. The summed E-state index contributed by atoms with van der Waals surface area (Å²) >= 11 is 5.95. The first-order chi connectivity index (χ1) is 6.20. The number of halogens is 2. The molecule has 0 radical (unpaired) electrons. The Labute approximate surface area is 92.7 Å². The molecule has 0 aromatic heterocycles.